The summed E-state index contributed by atoms with van der Waals surface area (Å²) < 4.78 is 25.8. The number of carbonyl (C=O) groups excluding carboxylic acids is 1. The normalized spacial score (nSPS) is 12.5. The minimum Gasteiger partial charge on any atom is -0.323 e. The average molecular weight is 347 g/mol. The summed E-state index contributed by atoms with van der Waals surface area (Å²) in [5.41, 5.74) is 2.73. The fraction of sp³-hybridized carbons (Fsp3) is 0.294. The Labute approximate surface area is 142 Å². The van der Waals surface area contributed by atoms with Gasteiger partial charge in [-0.25, -0.2) is 8.42 Å². The molecule has 0 saturated carbocycles. The Morgan fingerprint density at radius 2 is 1.96 bits per heavy atom. The van der Waals surface area contributed by atoms with Gasteiger partial charge in [-0.2, -0.15) is 0 Å². The lowest BCUT2D eigenvalue weighted by molar-refractivity contribution is -0.116. The Kier molecular flexibility index (Phi) is 5.23. The molecule has 0 saturated heterocycles. The highest BCUT2D eigenvalue weighted by molar-refractivity contribution is 7.92. The predicted octanol–water partition coefficient (Wildman–Crippen LogP) is 2.49. The van der Waals surface area contributed by atoms with Crippen LogP contribution >= 0.6 is 0 Å². The van der Waals surface area contributed by atoms with Crippen LogP contribution in [-0.4, -0.2) is 31.6 Å². The largest absolute Gasteiger partial charge is 0.323 e. The molecule has 1 amide bonds. The van der Waals surface area contributed by atoms with Crippen molar-refractivity contribution in [2.45, 2.75) is 26.8 Å². The van der Waals surface area contributed by atoms with E-state index in [0.717, 1.165) is 21.7 Å². The van der Waals surface area contributed by atoms with E-state index < -0.39 is 22.0 Å². The van der Waals surface area contributed by atoms with E-state index in [0.29, 0.717) is 11.4 Å². The van der Waals surface area contributed by atoms with Gasteiger partial charge in [-0.15, -0.1) is 0 Å². The number of hydrogen-bond donors (Lipinski definition) is 1. The number of hydrogen-bond acceptors (Lipinski definition) is 4. The van der Waals surface area contributed by atoms with Crippen molar-refractivity contribution in [3.63, 3.8) is 0 Å². The van der Waals surface area contributed by atoms with Crippen molar-refractivity contribution >= 4 is 27.3 Å². The molecule has 0 spiro atoms. The van der Waals surface area contributed by atoms with E-state index in [1.165, 1.54) is 6.20 Å². The van der Waals surface area contributed by atoms with E-state index in [1.54, 1.807) is 31.3 Å². The van der Waals surface area contributed by atoms with Crippen molar-refractivity contribution in [1.29, 1.82) is 0 Å². The highest BCUT2D eigenvalue weighted by atomic mass is 32.2. The molecule has 1 aromatic carbocycles. The molecule has 1 heterocycles. The van der Waals surface area contributed by atoms with Crippen LogP contribution in [0.3, 0.4) is 0 Å². The maximum absolute atomic E-state index is 12.5. The number of amides is 1. The Morgan fingerprint density at radius 3 is 2.54 bits per heavy atom. The SMILES string of the molecule is Cc1ccc(C)c(N([C@H](C)C(=O)Nc2cccnc2)S(C)(=O)=O)c1. The van der Waals surface area contributed by atoms with Crippen molar-refractivity contribution in [2.24, 2.45) is 0 Å². The topological polar surface area (TPSA) is 79.4 Å². The maximum atomic E-state index is 12.5. The standard InChI is InChI=1S/C17H21N3O3S/c1-12-7-8-13(2)16(10-12)20(24(4,22)23)14(3)17(21)19-15-6-5-9-18-11-15/h5-11,14H,1-4H3,(H,19,21)/t14-/m1/s1. The van der Waals surface area contributed by atoms with Crippen LogP contribution in [0.25, 0.3) is 0 Å². The molecule has 6 nitrogen and oxygen atoms in total. The first-order valence-corrected chi connectivity index (χ1v) is 9.32. The molecule has 2 rings (SSSR count). The molecule has 2 aromatic rings. The van der Waals surface area contributed by atoms with Crippen LogP contribution in [0.1, 0.15) is 18.1 Å². The van der Waals surface area contributed by atoms with E-state index in [4.69, 9.17) is 0 Å². The Morgan fingerprint density at radius 1 is 1.25 bits per heavy atom. The third-order valence-electron chi connectivity index (χ3n) is 3.62. The molecule has 0 aliphatic carbocycles. The summed E-state index contributed by atoms with van der Waals surface area (Å²) in [4.78, 5) is 16.5. The molecule has 1 atom stereocenters. The van der Waals surface area contributed by atoms with Crippen LogP contribution in [0.5, 0.6) is 0 Å². The maximum Gasteiger partial charge on any atom is 0.248 e. The van der Waals surface area contributed by atoms with Crippen molar-refractivity contribution in [1.82, 2.24) is 4.98 Å². The van der Waals surface area contributed by atoms with E-state index in [9.17, 15) is 13.2 Å². The molecule has 0 radical (unpaired) electrons. The van der Waals surface area contributed by atoms with Gasteiger partial charge in [0.2, 0.25) is 15.9 Å². The minimum atomic E-state index is -3.64. The molecule has 0 fully saturated rings. The van der Waals surface area contributed by atoms with Gasteiger partial charge in [-0.3, -0.25) is 14.1 Å². The molecular weight excluding hydrogens is 326 g/mol. The van der Waals surface area contributed by atoms with Crippen LogP contribution < -0.4 is 9.62 Å². The third-order valence-corrected chi connectivity index (χ3v) is 4.85. The fourth-order valence-electron chi connectivity index (χ4n) is 2.42. The Bertz CT molecular complexity index is 835. The number of sulfonamides is 1. The fourth-order valence-corrected chi connectivity index (χ4v) is 3.65. The first-order valence-electron chi connectivity index (χ1n) is 7.47. The van der Waals surface area contributed by atoms with Crippen molar-refractivity contribution < 1.29 is 13.2 Å². The summed E-state index contributed by atoms with van der Waals surface area (Å²) in [6.45, 7) is 5.26. The van der Waals surface area contributed by atoms with Gasteiger partial charge < -0.3 is 5.32 Å². The second kappa shape index (κ2) is 7.00. The average Bonchev–Trinajstić information content (AvgIpc) is 2.50. The molecular formula is C17H21N3O3S. The van der Waals surface area contributed by atoms with Crippen molar-refractivity contribution in [2.75, 3.05) is 15.9 Å². The zero-order chi connectivity index (χ0) is 17.9. The molecule has 0 bridgehead atoms. The smallest absolute Gasteiger partial charge is 0.248 e. The first-order chi connectivity index (χ1) is 11.2. The van der Waals surface area contributed by atoms with Crippen LogP contribution in [0, 0.1) is 13.8 Å². The summed E-state index contributed by atoms with van der Waals surface area (Å²) >= 11 is 0. The molecule has 0 aliphatic heterocycles. The Hall–Kier alpha value is -2.41. The molecule has 24 heavy (non-hydrogen) atoms. The predicted molar refractivity (Wildman–Crippen MR) is 95.6 cm³/mol. The van der Waals surface area contributed by atoms with E-state index >= 15 is 0 Å². The highest BCUT2D eigenvalue weighted by Gasteiger charge is 2.30. The van der Waals surface area contributed by atoms with E-state index in [1.807, 2.05) is 26.0 Å². The van der Waals surface area contributed by atoms with Gasteiger partial charge in [0.15, 0.2) is 0 Å². The summed E-state index contributed by atoms with van der Waals surface area (Å²) in [5, 5.41) is 2.69. The minimum absolute atomic E-state index is 0.422. The summed E-state index contributed by atoms with van der Waals surface area (Å²) in [7, 11) is -3.64. The van der Waals surface area contributed by atoms with Gasteiger partial charge >= 0.3 is 0 Å². The molecule has 0 aliphatic rings. The second-order valence-electron chi connectivity index (χ2n) is 5.76. The van der Waals surface area contributed by atoms with Crippen LogP contribution in [-0.2, 0) is 14.8 Å². The second-order valence-corrected chi connectivity index (χ2v) is 7.62. The van der Waals surface area contributed by atoms with Crippen LogP contribution in [0.4, 0.5) is 11.4 Å². The number of benzene rings is 1. The van der Waals surface area contributed by atoms with E-state index in [2.05, 4.69) is 10.3 Å². The number of nitrogens with one attached hydrogen (secondary N) is 1. The first kappa shape index (κ1) is 17.9. The van der Waals surface area contributed by atoms with Crippen LogP contribution in [0.15, 0.2) is 42.7 Å². The van der Waals surface area contributed by atoms with Gasteiger partial charge in [-0.1, -0.05) is 12.1 Å². The quantitative estimate of drug-likeness (QED) is 0.901. The number of pyridine rings is 1. The zero-order valence-electron chi connectivity index (χ0n) is 14.1. The number of rotatable bonds is 5. The molecule has 128 valence electrons. The lowest BCUT2D eigenvalue weighted by Crippen LogP contribution is -2.45. The van der Waals surface area contributed by atoms with Gasteiger partial charge in [0.25, 0.3) is 0 Å². The number of anilines is 2. The molecule has 0 unspecified atom stereocenters. The number of aromatic nitrogens is 1. The van der Waals surface area contributed by atoms with Crippen molar-refractivity contribution in [3.8, 4) is 0 Å². The number of carbonyl (C=O) groups is 1. The number of aryl methyl sites for hydroxylation is 2. The number of nitrogens with zero attached hydrogens (tertiary/aromatic N) is 2. The van der Waals surface area contributed by atoms with E-state index in [-0.39, 0.29) is 0 Å². The van der Waals surface area contributed by atoms with Gasteiger partial charge in [0.1, 0.15) is 6.04 Å². The third kappa shape index (κ3) is 4.11. The summed E-state index contributed by atoms with van der Waals surface area (Å²) in [6.07, 6.45) is 4.20. The van der Waals surface area contributed by atoms with Gasteiger partial charge in [0.05, 0.1) is 23.8 Å². The molecule has 1 aromatic heterocycles. The summed E-state index contributed by atoms with van der Waals surface area (Å²) in [6, 6.07) is 8.00. The highest BCUT2D eigenvalue weighted by Crippen LogP contribution is 2.26. The van der Waals surface area contributed by atoms with Crippen molar-refractivity contribution in [3.05, 3.63) is 53.9 Å². The lowest BCUT2D eigenvalue weighted by atomic mass is 10.1. The lowest BCUT2D eigenvalue weighted by Gasteiger charge is -2.29. The Balaban J connectivity index is 2.38. The van der Waals surface area contributed by atoms with Crippen LogP contribution in [0.2, 0.25) is 0 Å². The van der Waals surface area contributed by atoms with Gasteiger partial charge in [-0.05, 0) is 50.1 Å². The van der Waals surface area contributed by atoms with Gasteiger partial charge in [0, 0.05) is 6.20 Å². The zero-order valence-corrected chi connectivity index (χ0v) is 15.0. The monoisotopic (exact) mass is 347 g/mol. The molecule has 7 heteroatoms. The molecule has 1 N–H and O–H groups in total. The summed E-state index contributed by atoms with van der Waals surface area (Å²) in [5.74, 6) is -0.422.